The molecule has 4 rings (SSSR count). The summed E-state index contributed by atoms with van der Waals surface area (Å²) < 4.78 is 33.7. The van der Waals surface area contributed by atoms with Crippen LogP contribution in [0.25, 0.3) is 11.3 Å². The summed E-state index contributed by atoms with van der Waals surface area (Å²) >= 11 is 0. The maximum absolute atomic E-state index is 8.74. The minimum Gasteiger partial charge on any atom is -0.497 e. The van der Waals surface area contributed by atoms with Gasteiger partial charge < -0.3 is 24.0 Å². The molecule has 2 heterocycles. The molecule has 2 aromatic carbocycles. The average molecular weight is 436 g/mol. The van der Waals surface area contributed by atoms with Crippen molar-refractivity contribution in [2.75, 3.05) is 56.8 Å². The molecule has 168 valence electrons. The smallest absolute Gasteiger partial charge is 0.213 e. The maximum atomic E-state index is 8.74. The molecule has 0 atom stereocenters. The van der Waals surface area contributed by atoms with Gasteiger partial charge in [-0.05, 0) is 67.9 Å². The van der Waals surface area contributed by atoms with Gasteiger partial charge in [-0.3, -0.25) is 0 Å². The van der Waals surface area contributed by atoms with E-state index in [9.17, 15) is 0 Å². The molecule has 1 fully saturated rings. The molecule has 0 bridgehead atoms. The van der Waals surface area contributed by atoms with Gasteiger partial charge in [0.25, 0.3) is 0 Å². The second-order valence-corrected chi connectivity index (χ2v) is 7.42. The molecule has 0 radical (unpaired) electrons. The van der Waals surface area contributed by atoms with E-state index in [2.05, 4.69) is 4.90 Å². The van der Waals surface area contributed by atoms with Gasteiger partial charge in [0.05, 0.1) is 32.2 Å². The number of rotatable bonds is 7. The molecule has 0 amide bonds. The quantitative estimate of drug-likeness (QED) is 0.527. The number of ether oxygens (including phenoxy) is 3. The molecule has 1 aliphatic rings. The van der Waals surface area contributed by atoms with E-state index < -0.39 is 6.50 Å². The number of nitrogens with zero attached hydrogens (tertiary/aromatic N) is 3. The Morgan fingerprint density at radius 1 is 0.844 bits per heavy atom. The zero-order chi connectivity index (χ0) is 24.1. The van der Waals surface area contributed by atoms with Crippen molar-refractivity contribution >= 4 is 11.4 Å². The highest BCUT2D eigenvalue weighted by Crippen LogP contribution is 2.33. The van der Waals surface area contributed by atoms with Gasteiger partial charge in [-0.1, -0.05) is 0 Å². The summed E-state index contributed by atoms with van der Waals surface area (Å²) in [5, 5.41) is 0. The van der Waals surface area contributed by atoms with E-state index in [0.29, 0.717) is 38.5 Å². The lowest BCUT2D eigenvalue weighted by Gasteiger charge is -2.26. The highest BCUT2D eigenvalue weighted by atomic mass is 16.5. The first-order valence-electron chi connectivity index (χ1n) is 11.9. The standard InChI is InChI=1S/C26H31N3O3/c1-4-32-23-10-6-20(7-11-23)26-24(14-15-25(27-26)31-3)29-17-5-16-28(18-19-29)21-8-12-22(30-2)13-9-21/h6-15H,4-5,16-19H2,1-3H3/i16D2. The van der Waals surface area contributed by atoms with Crippen LogP contribution in [0.5, 0.6) is 17.4 Å². The molecule has 1 saturated heterocycles. The normalized spacial score (nSPS) is 16.6. The van der Waals surface area contributed by atoms with Gasteiger partial charge in [0.2, 0.25) is 5.88 Å². The third kappa shape index (κ3) is 4.90. The van der Waals surface area contributed by atoms with Crippen molar-refractivity contribution in [3.05, 3.63) is 60.7 Å². The molecule has 0 saturated carbocycles. The van der Waals surface area contributed by atoms with Crippen molar-refractivity contribution in [2.24, 2.45) is 0 Å². The number of anilines is 2. The highest BCUT2D eigenvalue weighted by Gasteiger charge is 2.20. The van der Waals surface area contributed by atoms with E-state index >= 15 is 0 Å². The molecule has 1 aromatic heterocycles. The number of hydrogen-bond acceptors (Lipinski definition) is 6. The molecule has 0 aliphatic carbocycles. The summed E-state index contributed by atoms with van der Waals surface area (Å²) in [5.74, 6) is 2.11. The summed E-state index contributed by atoms with van der Waals surface area (Å²) in [6.07, 6.45) is 0.355. The molecule has 0 spiro atoms. The van der Waals surface area contributed by atoms with E-state index in [0.717, 1.165) is 34.1 Å². The summed E-state index contributed by atoms with van der Waals surface area (Å²) in [5.41, 5.74) is 3.56. The van der Waals surface area contributed by atoms with Crippen LogP contribution < -0.4 is 24.0 Å². The van der Waals surface area contributed by atoms with E-state index in [-0.39, 0.29) is 0 Å². The predicted molar refractivity (Wildman–Crippen MR) is 129 cm³/mol. The fraction of sp³-hybridized carbons (Fsp3) is 0.346. The van der Waals surface area contributed by atoms with Crippen LogP contribution in [0.4, 0.5) is 11.4 Å². The topological polar surface area (TPSA) is 47.1 Å². The zero-order valence-electron chi connectivity index (χ0n) is 20.9. The summed E-state index contributed by atoms with van der Waals surface area (Å²) in [7, 11) is 3.24. The maximum Gasteiger partial charge on any atom is 0.213 e. The second-order valence-electron chi connectivity index (χ2n) is 7.42. The number of hydrogen-bond donors (Lipinski definition) is 0. The first-order valence-corrected chi connectivity index (χ1v) is 10.9. The third-order valence-corrected chi connectivity index (χ3v) is 5.50. The van der Waals surface area contributed by atoms with Gasteiger partial charge in [0.15, 0.2) is 0 Å². The second kappa shape index (κ2) is 10.3. The number of aromatic nitrogens is 1. The van der Waals surface area contributed by atoms with Crippen LogP contribution >= 0.6 is 0 Å². The van der Waals surface area contributed by atoms with Gasteiger partial charge in [0, 0.05) is 46.2 Å². The molecule has 0 unspecified atom stereocenters. The lowest BCUT2D eigenvalue weighted by molar-refractivity contribution is 0.340. The Labute approximate surface area is 193 Å². The summed E-state index contributed by atoms with van der Waals surface area (Å²) in [6, 6.07) is 19.3. The summed E-state index contributed by atoms with van der Waals surface area (Å²) in [6.45, 7) is 2.85. The van der Waals surface area contributed by atoms with Gasteiger partial charge in [-0.15, -0.1) is 0 Å². The van der Waals surface area contributed by atoms with Crippen LogP contribution in [-0.2, 0) is 0 Å². The highest BCUT2D eigenvalue weighted by molar-refractivity contribution is 5.76. The Morgan fingerprint density at radius 3 is 2.25 bits per heavy atom. The Morgan fingerprint density at radius 2 is 1.56 bits per heavy atom. The lowest BCUT2D eigenvalue weighted by Crippen LogP contribution is -2.31. The van der Waals surface area contributed by atoms with E-state index in [4.69, 9.17) is 21.9 Å². The summed E-state index contributed by atoms with van der Waals surface area (Å²) in [4.78, 5) is 8.79. The molecule has 6 nitrogen and oxygen atoms in total. The minimum atomic E-state index is -1.48. The Bertz CT molecular complexity index is 1090. The minimum absolute atomic E-state index is 0.355. The molecule has 3 aromatic rings. The molecular weight excluding hydrogens is 402 g/mol. The average Bonchev–Trinajstić information content (AvgIpc) is 3.02. The SMILES string of the molecule is [2H]C1([2H])CCN(c2ccc(OC)nc2-c2ccc(OCC)cc2)CCN1c1ccc(OC)cc1. The molecular formula is C26H31N3O3. The fourth-order valence-electron chi connectivity index (χ4n) is 3.85. The lowest BCUT2D eigenvalue weighted by atomic mass is 10.1. The van der Waals surface area contributed by atoms with Crippen molar-refractivity contribution in [1.82, 2.24) is 4.98 Å². The molecule has 32 heavy (non-hydrogen) atoms. The third-order valence-electron chi connectivity index (χ3n) is 5.50. The van der Waals surface area contributed by atoms with Gasteiger partial charge in [0.1, 0.15) is 11.5 Å². The van der Waals surface area contributed by atoms with Crippen molar-refractivity contribution < 1.29 is 17.0 Å². The van der Waals surface area contributed by atoms with E-state index in [1.807, 2.05) is 72.5 Å². The first kappa shape index (κ1) is 19.3. The Kier molecular flexibility index (Phi) is 6.19. The van der Waals surface area contributed by atoms with Crippen LogP contribution in [-0.4, -0.2) is 51.9 Å². The van der Waals surface area contributed by atoms with Gasteiger partial charge >= 0.3 is 0 Å². The van der Waals surface area contributed by atoms with Gasteiger partial charge in [-0.2, -0.15) is 0 Å². The van der Waals surface area contributed by atoms with Crippen LogP contribution in [0, 0.1) is 0 Å². The Hall–Kier alpha value is -3.41. The molecule has 0 N–H and O–H groups in total. The number of methoxy groups -OCH3 is 2. The number of pyridine rings is 1. The van der Waals surface area contributed by atoms with Crippen LogP contribution in [0.1, 0.15) is 16.1 Å². The monoisotopic (exact) mass is 435 g/mol. The van der Waals surface area contributed by atoms with Crippen molar-refractivity contribution in [3.63, 3.8) is 0 Å². The zero-order valence-corrected chi connectivity index (χ0v) is 18.9. The van der Waals surface area contributed by atoms with Crippen molar-refractivity contribution in [3.8, 4) is 28.6 Å². The predicted octanol–water partition coefficient (Wildman–Crippen LogP) is 4.88. The van der Waals surface area contributed by atoms with Crippen LogP contribution in [0.3, 0.4) is 0 Å². The molecule has 1 aliphatic heterocycles. The van der Waals surface area contributed by atoms with Gasteiger partial charge in [-0.25, -0.2) is 4.98 Å². The van der Waals surface area contributed by atoms with E-state index in [1.54, 1.807) is 14.2 Å². The Balaban J connectivity index is 1.64. The van der Waals surface area contributed by atoms with Crippen LogP contribution in [0.15, 0.2) is 60.7 Å². The fourth-order valence-corrected chi connectivity index (χ4v) is 3.85. The van der Waals surface area contributed by atoms with Crippen molar-refractivity contribution in [1.29, 1.82) is 0 Å². The van der Waals surface area contributed by atoms with E-state index in [1.165, 1.54) is 0 Å². The largest absolute Gasteiger partial charge is 0.497 e. The molecule has 6 heteroatoms. The first-order chi connectivity index (χ1) is 16.4. The van der Waals surface area contributed by atoms with Crippen molar-refractivity contribution in [2.45, 2.75) is 13.3 Å². The van der Waals surface area contributed by atoms with Crippen LogP contribution in [0.2, 0.25) is 0 Å². The number of benzene rings is 2.